The summed E-state index contributed by atoms with van der Waals surface area (Å²) in [6.45, 7) is 4.24. The van der Waals surface area contributed by atoms with Crippen molar-refractivity contribution >= 4 is 16.0 Å². The van der Waals surface area contributed by atoms with Crippen LogP contribution in [0.2, 0.25) is 0 Å². The Labute approximate surface area is 158 Å². The van der Waals surface area contributed by atoms with E-state index in [1.165, 1.54) is 18.2 Å². The maximum Gasteiger partial charge on any atom is 0.329 e. The lowest BCUT2D eigenvalue weighted by atomic mass is 10.1. The predicted molar refractivity (Wildman–Crippen MR) is 98.5 cm³/mol. The number of para-hydroxylation sites is 1. The van der Waals surface area contributed by atoms with Gasteiger partial charge in [0.15, 0.2) is 11.5 Å². The summed E-state index contributed by atoms with van der Waals surface area (Å²) < 4.78 is 44.1. The van der Waals surface area contributed by atoms with Gasteiger partial charge in [-0.25, -0.2) is 13.2 Å². The van der Waals surface area contributed by atoms with Gasteiger partial charge in [-0.15, -0.1) is 0 Å². The van der Waals surface area contributed by atoms with Crippen LogP contribution in [0.1, 0.15) is 13.8 Å². The Hall–Kier alpha value is -2.58. The van der Waals surface area contributed by atoms with E-state index in [9.17, 15) is 13.2 Å². The number of carbonyl (C=O) groups is 1. The molecular formula is C19H21NO6S. The topological polar surface area (TPSA) is 90.9 Å². The minimum Gasteiger partial charge on any atom is -0.486 e. The molecule has 0 unspecified atom stereocenters. The van der Waals surface area contributed by atoms with Gasteiger partial charge in [0.2, 0.25) is 10.0 Å². The number of esters is 1. The van der Waals surface area contributed by atoms with Crippen LogP contribution in [0.4, 0.5) is 0 Å². The summed E-state index contributed by atoms with van der Waals surface area (Å²) in [4.78, 5) is 12.5. The third-order valence-electron chi connectivity index (χ3n) is 3.99. The second-order valence-corrected chi connectivity index (χ2v) is 8.10. The number of hydrogen-bond acceptors (Lipinski definition) is 6. The summed E-state index contributed by atoms with van der Waals surface area (Å²) in [7, 11) is -3.96. The average Bonchev–Trinajstić information content (AvgIpc) is 2.66. The van der Waals surface area contributed by atoms with E-state index in [1.54, 1.807) is 44.2 Å². The lowest BCUT2D eigenvalue weighted by molar-refractivity contribution is -0.137. The van der Waals surface area contributed by atoms with Gasteiger partial charge in [0.25, 0.3) is 0 Å². The van der Waals surface area contributed by atoms with E-state index < -0.39 is 22.0 Å². The van der Waals surface area contributed by atoms with Crippen molar-refractivity contribution in [3.05, 3.63) is 48.5 Å². The zero-order valence-corrected chi connectivity index (χ0v) is 15.9. The van der Waals surface area contributed by atoms with Crippen molar-refractivity contribution in [1.29, 1.82) is 0 Å². The number of fused-ring (bicyclic) bond motifs is 1. The SMILES string of the molecule is CC(C)[C@H](NS(=O)(=O)c1ccc2c(c1)OCCO2)C(=O)Oc1ccccc1. The van der Waals surface area contributed by atoms with Crippen LogP contribution in [-0.4, -0.2) is 33.6 Å². The van der Waals surface area contributed by atoms with Crippen LogP contribution in [0, 0.1) is 5.92 Å². The summed E-state index contributed by atoms with van der Waals surface area (Å²) in [5.74, 6) is 0.221. The van der Waals surface area contributed by atoms with Gasteiger partial charge >= 0.3 is 5.97 Å². The van der Waals surface area contributed by atoms with Crippen LogP contribution in [-0.2, 0) is 14.8 Å². The molecule has 0 aromatic heterocycles. The molecule has 144 valence electrons. The molecule has 0 radical (unpaired) electrons. The molecule has 2 aromatic carbocycles. The number of hydrogen-bond donors (Lipinski definition) is 1. The van der Waals surface area contributed by atoms with E-state index in [1.807, 2.05) is 0 Å². The summed E-state index contributed by atoms with van der Waals surface area (Å²) in [5, 5.41) is 0. The quantitative estimate of drug-likeness (QED) is 0.601. The molecule has 1 N–H and O–H groups in total. The van der Waals surface area contributed by atoms with E-state index in [4.69, 9.17) is 14.2 Å². The average molecular weight is 391 g/mol. The molecule has 2 aromatic rings. The fraction of sp³-hybridized carbons (Fsp3) is 0.316. The van der Waals surface area contributed by atoms with Crippen molar-refractivity contribution in [2.24, 2.45) is 5.92 Å². The highest BCUT2D eigenvalue weighted by molar-refractivity contribution is 7.89. The molecule has 0 spiro atoms. The van der Waals surface area contributed by atoms with Crippen molar-refractivity contribution in [3.8, 4) is 17.2 Å². The number of benzene rings is 2. The van der Waals surface area contributed by atoms with Crippen molar-refractivity contribution in [1.82, 2.24) is 4.72 Å². The summed E-state index contributed by atoms with van der Waals surface area (Å²) in [6.07, 6.45) is 0. The van der Waals surface area contributed by atoms with Gasteiger partial charge in [-0.3, -0.25) is 0 Å². The Morgan fingerprint density at radius 2 is 1.70 bits per heavy atom. The van der Waals surface area contributed by atoms with Crippen molar-refractivity contribution in [2.45, 2.75) is 24.8 Å². The number of rotatable bonds is 6. The molecule has 3 rings (SSSR count). The lowest BCUT2D eigenvalue weighted by Crippen LogP contribution is -2.46. The molecule has 0 saturated carbocycles. The zero-order valence-electron chi connectivity index (χ0n) is 15.0. The zero-order chi connectivity index (χ0) is 19.4. The standard InChI is InChI=1S/C19H21NO6S/c1-13(2)18(19(21)26-14-6-4-3-5-7-14)20-27(22,23)15-8-9-16-17(12-15)25-11-10-24-16/h3-9,12-13,18,20H,10-11H2,1-2H3/t18-/m0/s1. The number of nitrogens with one attached hydrogen (secondary N) is 1. The highest BCUT2D eigenvalue weighted by Gasteiger charge is 2.30. The molecule has 0 amide bonds. The van der Waals surface area contributed by atoms with Gasteiger partial charge in [-0.2, -0.15) is 4.72 Å². The Morgan fingerprint density at radius 1 is 1.04 bits per heavy atom. The molecule has 0 aliphatic carbocycles. The Balaban J connectivity index is 1.79. The van der Waals surface area contributed by atoms with Gasteiger partial charge in [0.05, 0.1) is 4.90 Å². The van der Waals surface area contributed by atoms with Crippen LogP contribution in [0.25, 0.3) is 0 Å². The van der Waals surface area contributed by atoms with Crippen LogP contribution >= 0.6 is 0 Å². The third-order valence-corrected chi connectivity index (χ3v) is 5.43. The number of sulfonamides is 1. The predicted octanol–water partition coefficient (Wildman–Crippen LogP) is 2.37. The first-order valence-corrected chi connectivity index (χ1v) is 10.0. The van der Waals surface area contributed by atoms with Crippen LogP contribution < -0.4 is 18.9 Å². The monoisotopic (exact) mass is 391 g/mol. The molecule has 0 fully saturated rings. The van der Waals surface area contributed by atoms with Crippen molar-refractivity contribution in [3.63, 3.8) is 0 Å². The molecule has 27 heavy (non-hydrogen) atoms. The van der Waals surface area contributed by atoms with Gasteiger partial charge in [0.1, 0.15) is 25.0 Å². The van der Waals surface area contributed by atoms with E-state index in [2.05, 4.69) is 4.72 Å². The van der Waals surface area contributed by atoms with Gasteiger partial charge in [-0.1, -0.05) is 32.0 Å². The summed E-state index contributed by atoms with van der Waals surface area (Å²) >= 11 is 0. The summed E-state index contributed by atoms with van der Waals surface area (Å²) in [5.41, 5.74) is 0. The number of carbonyl (C=O) groups excluding carboxylic acids is 1. The molecule has 0 bridgehead atoms. The second-order valence-electron chi connectivity index (χ2n) is 6.38. The lowest BCUT2D eigenvalue weighted by Gasteiger charge is -2.22. The van der Waals surface area contributed by atoms with Crippen LogP contribution in [0.3, 0.4) is 0 Å². The fourth-order valence-electron chi connectivity index (χ4n) is 2.55. The third kappa shape index (κ3) is 4.58. The summed E-state index contributed by atoms with van der Waals surface area (Å²) in [6, 6.07) is 11.8. The molecule has 7 nitrogen and oxygen atoms in total. The first kappa shape index (κ1) is 19.2. The molecule has 8 heteroatoms. The molecule has 0 saturated heterocycles. The smallest absolute Gasteiger partial charge is 0.329 e. The Bertz CT molecular complexity index is 911. The highest BCUT2D eigenvalue weighted by atomic mass is 32.2. The highest BCUT2D eigenvalue weighted by Crippen LogP contribution is 2.32. The number of ether oxygens (including phenoxy) is 3. The van der Waals surface area contributed by atoms with Gasteiger partial charge < -0.3 is 14.2 Å². The first-order chi connectivity index (χ1) is 12.9. The molecule has 1 heterocycles. The van der Waals surface area contributed by atoms with Gasteiger partial charge in [-0.05, 0) is 30.2 Å². The van der Waals surface area contributed by atoms with Gasteiger partial charge in [0, 0.05) is 6.07 Å². The minimum atomic E-state index is -3.96. The van der Waals surface area contributed by atoms with Crippen molar-refractivity contribution in [2.75, 3.05) is 13.2 Å². The van der Waals surface area contributed by atoms with Crippen LogP contribution in [0.15, 0.2) is 53.4 Å². The minimum absolute atomic E-state index is 0.00934. The first-order valence-electron chi connectivity index (χ1n) is 8.55. The normalized spacial score (nSPS) is 14.6. The second kappa shape index (κ2) is 7.98. The van der Waals surface area contributed by atoms with Crippen LogP contribution in [0.5, 0.6) is 17.2 Å². The van der Waals surface area contributed by atoms with E-state index in [-0.39, 0.29) is 10.8 Å². The molecule has 1 aliphatic rings. The maximum absolute atomic E-state index is 12.8. The molecule has 1 atom stereocenters. The van der Waals surface area contributed by atoms with E-state index in [0.29, 0.717) is 30.5 Å². The van der Waals surface area contributed by atoms with E-state index >= 15 is 0 Å². The maximum atomic E-state index is 12.8. The largest absolute Gasteiger partial charge is 0.486 e. The molecular weight excluding hydrogens is 370 g/mol. The fourth-order valence-corrected chi connectivity index (χ4v) is 3.90. The van der Waals surface area contributed by atoms with Crippen molar-refractivity contribution < 1.29 is 27.4 Å². The Morgan fingerprint density at radius 3 is 2.37 bits per heavy atom. The van der Waals surface area contributed by atoms with E-state index in [0.717, 1.165) is 0 Å². The Kier molecular flexibility index (Phi) is 5.67. The molecule has 1 aliphatic heterocycles.